The second kappa shape index (κ2) is 12.5. The highest BCUT2D eigenvalue weighted by Crippen LogP contribution is 2.26. The molecule has 168 valence electrons. The van der Waals surface area contributed by atoms with E-state index in [4.69, 9.17) is 9.47 Å². The highest BCUT2D eigenvalue weighted by Gasteiger charge is 2.10. The monoisotopic (exact) mass is 426 g/mol. The summed E-state index contributed by atoms with van der Waals surface area (Å²) in [5, 5.41) is 9.45. The predicted molar refractivity (Wildman–Crippen MR) is 126 cm³/mol. The van der Waals surface area contributed by atoms with Crippen LogP contribution in [0.25, 0.3) is 0 Å². The summed E-state index contributed by atoms with van der Waals surface area (Å²) in [7, 11) is 1.63. The number of carbonyl (C=O) groups excluding carboxylic acids is 1. The van der Waals surface area contributed by atoms with Crippen molar-refractivity contribution in [1.29, 1.82) is 0 Å². The molecule has 0 heterocycles. The van der Waals surface area contributed by atoms with Gasteiger partial charge < -0.3 is 25.4 Å². The number of hydrogen-bond acceptors (Lipinski definition) is 4. The third kappa shape index (κ3) is 8.20. The number of amides is 1. The summed E-state index contributed by atoms with van der Waals surface area (Å²) in [5.41, 5.74) is 1.84. The molecular weight excluding hydrogens is 392 g/mol. The van der Waals surface area contributed by atoms with Crippen molar-refractivity contribution in [3.05, 3.63) is 54.1 Å². The first-order valence-corrected chi connectivity index (χ1v) is 10.6. The van der Waals surface area contributed by atoms with Gasteiger partial charge in [-0.15, -0.1) is 0 Å². The molecule has 1 atom stereocenters. The van der Waals surface area contributed by atoms with Crippen LogP contribution >= 0.6 is 0 Å². The second-order valence-electron chi connectivity index (χ2n) is 7.50. The minimum absolute atomic E-state index is 0.00821. The lowest BCUT2D eigenvalue weighted by Gasteiger charge is -2.19. The van der Waals surface area contributed by atoms with E-state index in [0.29, 0.717) is 24.6 Å². The van der Waals surface area contributed by atoms with Crippen LogP contribution in [-0.2, 0) is 11.3 Å². The molecule has 0 bridgehead atoms. The number of nitrogens with zero attached hydrogens (tertiary/aromatic N) is 1. The van der Waals surface area contributed by atoms with Gasteiger partial charge in [-0.05, 0) is 43.7 Å². The number of carbonyl (C=O) groups is 1. The van der Waals surface area contributed by atoms with Gasteiger partial charge in [-0.2, -0.15) is 0 Å². The van der Waals surface area contributed by atoms with Crippen molar-refractivity contribution >= 4 is 17.6 Å². The van der Waals surface area contributed by atoms with E-state index < -0.39 is 0 Å². The molecule has 0 radical (unpaired) electrons. The molecule has 0 saturated heterocycles. The Morgan fingerprint density at radius 2 is 1.68 bits per heavy atom. The van der Waals surface area contributed by atoms with Crippen LogP contribution in [0.4, 0.5) is 5.69 Å². The maximum absolute atomic E-state index is 11.8. The van der Waals surface area contributed by atoms with Crippen molar-refractivity contribution in [3.8, 4) is 11.5 Å². The minimum Gasteiger partial charge on any atom is -0.493 e. The summed E-state index contributed by atoms with van der Waals surface area (Å²) in [6, 6.07) is 15.3. The molecule has 0 fully saturated rings. The van der Waals surface area contributed by atoms with Crippen LogP contribution in [0.15, 0.2) is 53.5 Å². The molecule has 2 aromatic rings. The van der Waals surface area contributed by atoms with E-state index in [1.54, 1.807) is 7.11 Å². The molecule has 0 aliphatic rings. The maximum atomic E-state index is 11.8. The summed E-state index contributed by atoms with van der Waals surface area (Å²) < 4.78 is 11.3. The molecule has 1 unspecified atom stereocenters. The van der Waals surface area contributed by atoms with Gasteiger partial charge in [-0.25, -0.2) is 4.99 Å². The van der Waals surface area contributed by atoms with Crippen molar-refractivity contribution in [2.75, 3.05) is 25.5 Å². The van der Waals surface area contributed by atoms with Crippen molar-refractivity contribution in [2.24, 2.45) is 10.9 Å². The third-order valence-corrected chi connectivity index (χ3v) is 4.46. The van der Waals surface area contributed by atoms with E-state index >= 15 is 0 Å². The van der Waals surface area contributed by atoms with Gasteiger partial charge in [0.25, 0.3) is 0 Å². The third-order valence-electron chi connectivity index (χ3n) is 4.46. The van der Waals surface area contributed by atoms with Crippen molar-refractivity contribution in [3.63, 3.8) is 0 Å². The largest absolute Gasteiger partial charge is 0.493 e. The van der Waals surface area contributed by atoms with Gasteiger partial charge in [0.2, 0.25) is 5.91 Å². The molecule has 2 rings (SSSR count). The van der Waals surface area contributed by atoms with Crippen molar-refractivity contribution in [2.45, 2.75) is 40.3 Å². The minimum atomic E-state index is -0.0796. The average molecular weight is 427 g/mol. The van der Waals surface area contributed by atoms with Crippen LogP contribution in [0.2, 0.25) is 0 Å². The molecule has 0 saturated carbocycles. The van der Waals surface area contributed by atoms with E-state index in [9.17, 15) is 4.79 Å². The summed E-state index contributed by atoms with van der Waals surface area (Å²) >= 11 is 0. The molecule has 3 N–H and O–H groups in total. The Labute approximate surface area is 185 Å². The lowest BCUT2D eigenvalue weighted by Crippen LogP contribution is -2.41. The fourth-order valence-electron chi connectivity index (χ4n) is 2.71. The van der Waals surface area contributed by atoms with Gasteiger partial charge in [0, 0.05) is 18.2 Å². The number of benzene rings is 2. The normalized spacial score (nSPS) is 12.3. The fraction of sp³-hybridized carbons (Fsp3) is 0.417. The zero-order valence-corrected chi connectivity index (χ0v) is 19.1. The Bertz CT molecular complexity index is 850. The molecule has 1 amide bonds. The van der Waals surface area contributed by atoms with Gasteiger partial charge in [-0.3, -0.25) is 4.79 Å². The van der Waals surface area contributed by atoms with Crippen LogP contribution in [0.5, 0.6) is 11.5 Å². The van der Waals surface area contributed by atoms with Gasteiger partial charge >= 0.3 is 0 Å². The zero-order chi connectivity index (χ0) is 22.6. The molecule has 31 heavy (non-hydrogen) atoms. The van der Waals surface area contributed by atoms with E-state index in [1.165, 1.54) is 0 Å². The fourth-order valence-corrected chi connectivity index (χ4v) is 2.71. The first-order valence-electron chi connectivity index (χ1n) is 10.6. The van der Waals surface area contributed by atoms with Gasteiger partial charge in [0.1, 0.15) is 6.10 Å². The second-order valence-corrected chi connectivity index (χ2v) is 7.50. The van der Waals surface area contributed by atoms with E-state index in [-0.39, 0.29) is 17.9 Å². The number of para-hydroxylation sites is 2. The van der Waals surface area contributed by atoms with Crippen molar-refractivity contribution < 1.29 is 14.3 Å². The number of anilines is 1. The number of aliphatic imine (C=N–C) groups is 1. The molecular formula is C24H34N4O3. The lowest BCUT2D eigenvalue weighted by atomic mass is 10.2. The van der Waals surface area contributed by atoms with Crippen LogP contribution in [-0.4, -0.2) is 38.2 Å². The molecule has 0 aliphatic carbocycles. The Morgan fingerprint density at radius 3 is 2.29 bits per heavy atom. The van der Waals surface area contributed by atoms with Gasteiger partial charge in [0.15, 0.2) is 17.5 Å². The molecule has 7 heteroatoms. The van der Waals surface area contributed by atoms with Crippen LogP contribution in [0.3, 0.4) is 0 Å². The first kappa shape index (κ1) is 24.1. The highest BCUT2D eigenvalue weighted by molar-refractivity contribution is 5.92. The first-order chi connectivity index (χ1) is 14.9. The number of hydrogen-bond donors (Lipinski definition) is 3. The number of nitrogens with one attached hydrogen (secondary N) is 3. The van der Waals surface area contributed by atoms with Crippen LogP contribution < -0.4 is 25.4 Å². The summed E-state index contributed by atoms with van der Waals surface area (Å²) in [4.78, 5) is 16.4. The summed E-state index contributed by atoms with van der Waals surface area (Å²) in [5.74, 6) is 2.10. The topological polar surface area (TPSA) is 84.0 Å². The summed E-state index contributed by atoms with van der Waals surface area (Å²) in [6.07, 6.45) is -0.0796. The van der Waals surface area contributed by atoms with Crippen LogP contribution in [0, 0.1) is 5.92 Å². The van der Waals surface area contributed by atoms with E-state index in [0.717, 1.165) is 23.8 Å². The number of ether oxygens (including phenoxy) is 2. The smallest absolute Gasteiger partial charge is 0.226 e. The Hall–Kier alpha value is -3.22. The lowest BCUT2D eigenvalue weighted by molar-refractivity contribution is -0.118. The van der Waals surface area contributed by atoms with Gasteiger partial charge in [0.05, 0.1) is 20.2 Å². The summed E-state index contributed by atoms with van der Waals surface area (Å²) in [6.45, 7) is 9.63. The molecule has 0 spiro atoms. The number of guanidine groups is 1. The van der Waals surface area contributed by atoms with Gasteiger partial charge in [-0.1, -0.05) is 38.1 Å². The highest BCUT2D eigenvalue weighted by atomic mass is 16.5. The predicted octanol–water partition coefficient (Wildman–Crippen LogP) is 3.81. The van der Waals surface area contributed by atoms with E-state index in [2.05, 4.69) is 20.9 Å². The quantitative estimate of drug-likeness (QED) is 0.397. The Balaban J connectivity index is 1.90. The zero-order valence-electron chi connectivity index (χ0n) is 19.1. The molecule has 0 aromatic heterocycles. The number of rotatable bonds is 10. The molecule has 2 aromatic carbocycles. The maximum Gasteiger partial charge on any atom is 0.226 e. The standard InChI is InChI=1S/C24H34N4O3/c1-6-25-24(26-15-18(4)31-22-10-8-7-9-21(22)30-5)27-16-19-11-13-20(14-12-19)28-23(29)17(2)3/h7-14,17-18H,6,15-16H2,1-5H3,(H,28,29)(H2,25,26,27). The van der Waals surface area contributed by atoms with Crippen LogP contribution in [0.1, 0.15) is 33.3 Å². The molecule has 7 nitrogen and oxygen atoms in total. The van der Waals surface area contributed by atoms with Crippen molar-refractivity contribution in [1.82, 2.24) is 10.6 Å². The molecule has 0 aliphatic heterocycles. The Morgan fingerprint density at radius 1 is 1.00 bits per heavy atom. The Kier molecular flexibility index (Phi) is 9.68. The SMILES string of the molecule is CCNC(=NCc1ccc(NC(=O)C(C)C)cc1)NCC(C)Oc1ccccc1OC. The number of methoxy groups -OCH3 is 1. The average Bonchev–Trinajstić information content (AvgIpc) is 2.77. The van der Waals surface area contributed by atoms with E-state index in [1.807, 2.05) is 76.2 Å².